The highest BCUT2D eigenvalue weighted by Gasteiger charge is 1.85. The summed E-state index contributed by atoms with van der Waals surface area (Å²) in [5, 5.41) is 8.16. The lowest BCUT2D eigenvalue weighted by atomic mass is 10.4. The zero-order valence-corrected chi connectivity index (χ0v) is 6.16. The summed E-state index contributed by atoms with van der Waals surface area (Å²) in [5.41, 5.74) is 0.200. The molecule has 4 heteroatoms. The Morgan fingerprint density at radius 2 is 2.50 bits per heavy atom. The highest BCUT2D eigenvalue weighted by molar-refractivity contribution is 5.25. The van der Waals surface area contributed by atoms with E-state index in [1.807, 2.05) is 6.07 Å². The summed E-state index contributed by atoms with van der Waals surface area (Å²) >= 11 is 0. The highest BCUT2D eigenvalue weighted by atomic mass is 16.1. The molecule has 0 atom stereocenters. The zero-order valence-electron chi connectivity index (χ0n) is 6.16. The minimum atomic E-state index is -0.263. The molecule has 0 aliphatic carbocycles. The van der Waals surface area contributed by atoms with Gasteiger partial charge in [-0.05, 0) is 5.92 Å². The lowest BCUT2D eigenvalue weighted by Gasteiger charge is -1.84. The van der Waals surface area contributed by atoms with Gasteiger partial charge in [-0.1, -0.05) is 5.92 Å². The summed E-state index contributed by atoms with van der Waals surface area (Å²) in [5.74, 6) is 5.19. The second kappa shape index (κ2) is 3.95. The second-order valence-corrected chi connectivity index (χ2v) is 1.93. The summed E-state index contributed by atoms with van der Waals surface area (Å²) in [6.45, 7) is 0. The van der Waals surface area contributed by atoms with Gasteiger partial charge >= 0.3 is 0 Å². The van der Waals surface area contributed by atoms with Gasteiger partial charge in [-0.3, -0.25) is 4.79 Å². The molecule has 1 aromatic rings. The molecule has 12 heavy (non-hydrogen) atoms. The van der Waals surface area contributed by atoms with E-state index >= 15 is 0 Å². The Hall–Kier alpha value is -2.07. The first-order valence-corrected chi connectivity index (χ1v) is 3.23. The van der Waals surface area contributed by atoms with E-state index in [1.54, 1.807) is 0 Å². The smallest absolute Gasteiger partial charge is 0.266 e. The van der Waals surface area contributed by atoms with Gasteiger partial charge in [0.05, 0.1) is 18.7 Å². The van der Waals surface area contributed by atoms with Gasteiger partial charge in [0.1, 0.15) is 5.69 Å². The number of rotatable bonds is 0. The fourth-order valence-electron chi connectivity index (χ4n) is 0.585. The van der Waals surface area contributed by atoms with Gasteiger partial charge in [-0.25, -0.2) is 4.98 Å². The molecule has 0 amide bonds. The van der Waals surface area contributed by atoms with Crippen LogP contribution in [0.2, 0.25) is 0 Å². The SMILES string of the molecule is N#CCC#Cc1c[nH]c(=O)cn1. The summed E-state index contributed by atoms with van der Waals surface area (Å²) in [6, 6.07) is 1.88. The van der Waals surface area contributed by atoms with Crippen LogP contribution in [0.1, 0.15) is 12.1 Å². The van der Waals surface area contributed by atoms with Crippen LogP contribution in [0.3, 0.4) is 0 Å². The molecule has 1 rings (SSSR count). The maximum Gasteiger partial charge on any atom is 0.266 e. The third-order valence-corrected chi connectivity index (χ3v) is 1.06. The molecule has 0 aliphatic heterocycles. The van der Waals surface area contributed by atoms with E-state index in [-0.39, 0.29) is 12.0 Å². The van der Waals surface area contributed by atoms with Crippen LogP contribution < -0.4 is 5.56 Å². The van der Waals surface area contributed by atoms with Crippen molar-refractivity contribution >= 4 is 0 Å². The number of nitrogens with zero attached hydrogens (tertiary/aromatic N) is 2. The van der Waals surface area contributed by atoms with Crippen LogP contribution in [-0.4, -0.2) is 9.97 Å². The van der Waals surface area contributed by atoms with Gasteiger partial charge in [0.2, 0.25) is 0 Å². The molecule has 4 nitrogen and oxygen atoms in total. The quantitative estimate of drug-likeness (QED) is 0.543. The van der Waals surface area contributed by atoms with Crippen molar-refractivity contribution in [3.63, 3.8) is 0 Å². The van der Waals surface area contributed by atoms with Crippen molar-refractivity contribution in [3.8, 4) is 17.9 Å². The number of nitrogens with one attached hydrogen (secondary N) is 1. The molecule has 0 aliphatic rings. The van der Waals surface area contributed by atoms with Gasteiger partial charge in [-0.15, -0.1) is 0 Å². The highest BCUT2D eigenvalue weighted by Crippen LogP contribution is 1.82. The molecule has 1 aromatic heterocycles. The molecule has 0 saturated carbocycles. The summed E-state index contributed by atoms with van der Waals surface area (Å²) in [6.07, 6.45) is 2.73. The largest absolute Gasteiger partial charge is 0.325 e. The maximum atomic E-state index is 10.5. The van der Waals surface area contributed by atoms with E-state index in [1.165, 1.54) is 6.20 Å². The molecule has 58 valence electrons. The van der Waals surface area contributed by atoms with E-state index in [9.17, 15) is 4.79 Å². The van der Waals surface area contributed by atoms with Crippen molar-refractivity contribution in [1.82, 2.24) is 9.97 Å². The van der Waals surface area contributed by atoms with Gasteiger partial charge < -0.3 is 4.98 Å². The Morgan fingerprint density at radius 1 is 1.67 bits per heavy atom. The lowest BCUT2D eigenvalue weighted by Crippen LogP contribution is -2.04. The standard InChI is InChI=1S/C8H5N3O/c9-4-2-1-3-7-5-11-8(12)6-10-7/h5-6H,2H2,(H,11,12). The van der Waals surface area contributed by atoms with Crippen molar-refractivity contribution in [2.75, 3.05) is 0 Å². The first kappa shape index (κ1) is 8.03. The van der Waals surface area contributed by atoms with Crippen LogP contribution in [0, 0.1) is 23.2 Å². The number of aromatic nitrogens is 2. The average molecular weight is 159 g/mol. The molecule has 0 aromatic carbocycles. The molecule has 0 fully saturated rings. The first-order chi connectivity index (χ1) is 5.83. The van der Waals surface area contributed by atoms with Crippen LogP contribution in [0.5, 0.6) is 0 Å². The van der Waals surface area contributed by atoms with Crippen LogP contribution in [0.25, 0.3) is 0 Å². The summed E-state index contributed by atoms with van der Waals surface area (Å²) < 4.78 is 0. The Labute approximate surface area is 68.9 Å². The summed E-state index contributed by atoms with van der Waals surface area (Å²) in [7, 11) is 0. The lowest BCUT2D eigenvalue weighted by molar-refractivity contribution is 1.12. The van der Waals surface area contributed by atoms with Crippen LogP contribution in [0.15, 0.2) is 17.2 Å². The summed E-state index contributed by atoms with van der Waals surface area (Å²) in [4.78, 5) is 16.7. The molecule has 0 unspecified atom stereocenters. The van der Waals surface area contributed by atoms with E-state index in [2.05, 4.69) is 21.8 Å². The Morgan fingerprint density at radius 3 is 3.08 bits per heavy atom. The van der Waals surface area contributed by atoms with Crippen LogP contribution in [0.4, 0.5) is 0 Å². The van der Waals surface area contributed by atoms with Gasteiger partial charge in [0.15, 0.2) is 0 Å². The minimum Gasteiger partial charge on any atom is -0.325 e. The van der Waals surface area contributed by atoms with Crippen molar-refractivity contribution < 1.29 is 0 Å². The molecule has 0 spiro atoms. The molecular weight excluding hydrogens is 154 g/mol. The fourth-order valence-corrected chi connectivity index (χ4v) is 0.585. The fraction of sp³-hybridized carbons (Fsp3) is 0.125. The normalized spacial score (nSPS) is 7.92. The minimum absolute atomic E-state index is 0.167. The van der Waals surface area contributed by atoms with Gasteiger partial charge in [-0.2, -0.15) is 5.26 Å². The molecule has 1 N–H and O–H groups in total. The van der Waals surface area contributed by atoms with E-state index in [4.69, 9.17) is 5.26 Å². The predicted molar refractivity (Wildman–Crippen MR) is 42.0 cm³/mol. The third-order valence-electron chi connectivity index (χ3n) is 1.06. The van der Waals surface area contributed by atoms with Gasteiger partial charge in [0.25, 0.3) is 5.56 Å². The van der Waals surface area contributed by atoms with Crippen molar-refractivity contribution in [3.05, 3.63) is 28.4 Å². The van der Waals surface area contributed by atoms with Crippen molar-refractivity contribution in [2.45, 2.75) is 6.42 Å². The number of hydrogen-bond acceptors (Lipinski definition) is 3. The number of H-pyrrole nitrogens is 1. The van der Waals surface area contributed by atoms with Gasteiger partial charge in [0, 0.05) is 6.20 Å². The van der Waals surface area contributed by atoms with Crippen molar-refractivity contribution in [1.29, 1.82) is 5.26 Å². The first-order valence-electron chi connectivity index (χ1n) is 3.23. The maximum absolute atomic E-state index is 10.5. The topological polar surface area (TPSA) is 69.5 Å². The average Bonchev–Trinajstić information content (AvgIpc) is 2.09. The van der Waals surface area contributed by atoms with Crippen molar-refractivity contribution in [2.24, 2.45) is 0 Å². The zero-order chi connectivity index (χ0) is 8.81. The Bertz CT molecular complexity index is 396. The Balaban J connectivity index is 2.81. The molecule has 0 radical (unpaired) electrons. The number of nitriles is 1. The number of hydrogen-bond donors (Lipinski definition) is 1. The Kier molecular flexibility index (Phi) is 2.64. The molecule has 0 saturated heterocycles. The van der Waals surface area contributed by atoms with E-state index in [0.29, 0.717) is 5.69 Å². The molecule has 0 bridgehead atoms. The van der Waals surface area contributed by atoms with E-state index < -0.39 is 0 Å². The third kappa shape index (κ3) is 2.28. The van der Waals surface area contributed by atoms with Crippen LogP contribution in [-0.2, 0) is 0 Å². The second-order valence-electron chi connectivity index (χ2n) is 1.93. The predicted octanol–water partition coefficient (Wildman–Crippen LogP) is 0.0351. The van der Waals surface area contributed by atoms with E-state index in [0.717, 1.165) is 6.20 Å². The van der Waals surface area contributed by atoms with Crippen LogP contribution >= 0.6 is 0 Å². The molecule has 1 heterocycles. The monoisotopic (exact) mass is 159 g/mol. The number of aromatic amines is 1. The molecular formula is C8H5N3O.